The van der Waals surface area contributed by atoms with E-state index in [0.29, 0.717) is 17.3 Å². The molecule has 1 aromatic heterocycles. The van der Waals surface area contributed by atoms with Crippen molar-refractivity contribution in [2.75, 3.05) is 44.2 Å². The SMILES string of the molecule is O=C(NCCCN1CCN(c2cccc(Cl)c2)CC1)c1n[nH]c(=O)c2ccccc12. The number of nitrogens with zero attached hydrogens (tertiary/aromatic N) is 3. The molecule has 2 heterocycles. The van der Waals surface area contributed by atoms with Gasteiger partial charge in [0.2, 0.25) is 0 Å². The van der Waals surface area contributed by atoms with Crippen LogP contribution in [-0.2, 0) is 0 Å². The standard InChI is InChI=1S/C22H24ClN5O2/c23-16-5-3-6-17(15-16)28-13-11-27(12-14-28)10-4-9-24-22(30)20-18-7-1-2-8-19(18)21(29)26-25-20/h1-3,5-8,15H,4,9-14H2,(H,24,30)(H,26,29). The summed E-state index contributed by atoms with van der Waals surface area (Å²) in [5.74, 6) is -0.270. The lowest BCUT2D eigenvalue weighted by atomic mass is 10.1. The maximum absolute atomic E-state index is 12.5. The van der Waals surface area contributed by atoms with Gasteiger partial charge in [-0.25, -0.2) is 5.10 Å². The van der Waals surface area contributed by atoms with E-state index in [1.807, 2.05) is 18.2 Å². The molecular formula is C22H24ClN5O2. The first-order valence-electron chi connectivity index (χ1n) is 10.1. The molecule has 1 fully saturated rings. The Balaban J connectivity index is 1.24. The van der Waals surface area contributed by atoms with Gasteiger partial charge in [0.1, 0.15) is 0 Å². The molecule has 0 saturated carbocycles. The fourth-order valence-electron chi connectivity index (χ4n) is 3.78. The number of halogens is 1. The Morgan fingerprint density at radius 1 is 1.07 bits per heavy atom. The monoisotopic (exact) mass is 425 g/mol. The van der Waals surface area contributed by atoms with Crippen LogP contribution >= 0.6 is 11.6 Å². The molecule has 1 aliphatic heterocycles. The maximum Gasteiger partial charge on any atom is 0.272 e. The lowest BCUT2D eigenvalue weighted by molar-refractivity contribution is 0.0947. The number of piperazine rings is 1. The molecule has 1 amide bonds. The number of nitrogens with one attached hydrogen (secondary N) is 2. The molecule has 0 unspecified atom stereocenters. The number of aromatic amines is 1. The summed E-state index contributed by atoms with van der Waals surface area (Å²) in [5, 5.41) is 11.1. The fourth-order valence-corrected chi connectivity index (χ4v) is 3.96. The number of benzene rings is 2. The summed E-state index contributed by atoms with van der Waals surface area (Å²) < 4.78 is 0. The minimum absolute atomic E-state index is 0.250. The van der Waals surface area contributed by atoms with Gasteiger partial charge >= 0.3 is 0 Å². The summed E-state index contributed by atoms with van der Waals surface area (Å²) in [4.78, 5) is 29.1. The highest BCUT2D eigenvalue weighted by Crippen LogP contribution is 2.20. The normalized spacial score (nSPS) is 14.8. The maximum atomic E-state index is 12.5. The van der Waals surface area contributed by atoms with Gasteiger partial charge in [-0.1, -0.05) is 35.9 Å². The van der Waals surface area contributed by atoms with Gasteiger partial charge in [-0.2, -0.15) is 5.10 Å². The molecular weight excluding hydrogens is 402 g/mol. The molecule has 1 saturated heterocycles. The van der Waals surface area contributed by atoms with Crippen molar-refractivity contribution >= 4 is 34.0 Å². The summed E-state index contributed by atoms with van der Waals surface area (Å²) >= 11 is 6.09. The molecule has 2 N–H and O–H groups in total. The van der Waals surface area contributed by atoms with Crippen LogP contribution in [0, 0.1) is 0 Å². The highest BCUT2D eigenvalue weighted by Gasteiger charge is 2.17. The van der Waals surface area contributed by atoms with Crippen LogP contribution in [0.4, 0.5) is 5.69 Å². The van der Waals surface area contributed by atoms with E-state index in [1.54, 1.807) is 24.3 Å². The van der Waals surface area contributed by atoms with Crippen molar-refractivity contribution in [2.24, 2.45) is 0 Å². The van der Waals surface area contributed by atoms with Crippen LogP contribution in [0.15, 0.2) is 53.3 Å². The van der Waals surface area contributed by atoms with E-state index >= 15 is 0 Å². The number of carbonyl (C=O) groups excluding carboxylic acids is 1. The number of aromatic nitrogens is 2. The van der Waals surface area contributed by atoms with E-state index in [0.717, 1.165) is 49.9 Å². The third kappa shape index (κ3) is 4.63. The molecule has 2 aromatic carbocycles. The smallest absolute Gasteiger partial charge is 0.272 e. The number of amides is 1. The third-order valence-corrected chi connectivity index (χ3v) is 5.63. The molecule has 30 heavy (non-hydrogen) atoms. The first kappa shape index (κ1) is 20.4. The quantitative estimate of drug-likeness (QED) is 0.593. The van der Waals surface area contributed by atoms with Crippen LogP contribution in [0.2, 0.25) is 5.02 Å². The fraction of sp³-hybridized carbons (Fsp3) is 0.318. The summed E-state index contributed by atoms with van der Waals surface area (Å²) in [6.07, 6.45) is 0.851. The third-order valence-electron chi connectivity index (χ3n) is 5.39. The molecule has 1 aliphatic rings. The Hall–Kier alpha value is -2.90. The molecule has 156 valence electrons. The lowest BCUT2D eigenvalue weighted by Crippen LogP contribution is -2.47. The molecule has 0 atom stereocenters. The average molecular weight is 426 g/mol. The number of H-pyrrole nitrogens is 1. The number of rotatable bonds is 6. The van der Waals surface area contributed by atoms with Crippen LogP contribution in [0.3, 0.4) is 0 Å². The zero-order valence-corrected chi connectivity index (χ0v) is 17.4. The molecule has 7 nitrogen and oxygen atoms in total. The highest BCUT2D eigenvalue weighted by atomic mass is 35.5. The van der Waals surface area contributed by atoms with Crippen molar-refractivity contribution in [1.82, 2.24) is 20.4 Å². The lowest BCUT2D eigenvalue weighted by Gasteiger charge is -2.36. The van der Waals surface area contributed by atoms with Crippen molar-refractivity contribution in [3.63, 3.8) is 0 Å². The second-order valence-corrected chi connectivity index (χ2v) is 7.80. The van der Waals surface area contributed by atoms with Gasteiger partial charge < -0.3 is 10.2 Å². The molecule has 0 radical (unpaired) electrons. The van der Waals surface area contributed by atoms with Crippen LogP contribution < -0.4 is 15.8 Å². The molecule has 0 aliphatic carbocycles. The van der Waals surface area contributed by atoms with Gasteiger partial charge in [-0.15, -0.1) is 0 Å². The Kier molecular flexibility index (Phi) is 6.30. The second-order valence-electron chi connectivity index (χ2n) is 7.36. The van der Waals surface area contributed by atoms with Gasteiger partial charge in [-0.3, -0.25) is 14.5 Å². The number of anilines is 1. The van der Waals surface area contributed by atoms with Crippen molar-refractivity contribution in [3.8, 4) is 0 Å². The topological polar surface area (TPSA) is 81.3 Å². The molecule has 3 aromatic rings. The van der Waals surface area contributed by atoms with Crippen LogP contribution in [-0.4, -0.2) is 60.3 Å². The van der Waals surface area contributed by atoms with E-state index in [4.69, 9.17) is 11.6 Å². The summed E-state index contributed by atoms with van der Waals surface area (Å²) in [7, 11) is 0. The van der Waals surface area contributed by atoms with Crippen molar-refractivity contribution in [3.05, 3.63) is 69.6 Å². The highest BCUT2D eigenvalue weighted by molar-refractivity contribution is 6.30. The summed E-state index contributed by atoms with van der Waals surface area (Å²) in [5.41, 5.74) is 1.12. The van der Waals surface area contributed by atoms with Gasteiger partial charge in [0.05, 0.1) is 5.39 Å². The summed E-state index contributed by atoms with van der Waals surface area (Å²) in [6.45, 7) is 5.35. The Morgan fingerprint density at radius 2 is 1.83 bits per heavy atom. The molecule has 0 spiro atoms. The van der Waals surface area contributed by atoms with E-state index in [9.17, 15) is 9.59 Å². The zero-order valence-electron chi connectivity index (χ0n) is 16.6. The van der Waals surface area contributed by atoms with E-state index in [1.165, 1.54) is 0 Å². The molecule has 4 rings (SSSR count). The predicted molar refractivity (Wildman–Crippen MR) is 119 cm³/mol. The Bertz CT molecular complexity index is 1090. The Morgan fingerprint density at radius 3 is 2.60 bits per heavy atom. The predicted octanol–water partition coefficient (Wildman–Crippen LogP) is 2.52. The van der Waals surface area contributed by atoms with Gasteiger partial charge in [0, 0.05) is 48.8 Å². The second kappa shape index (κ2) is 9.28. The van der Waals surface area contributed by atoms with Crippen molar-refractivity contribution in [1.29, 1.82) is 0 Å². The molecule has 8 heteroatoms. The van der Waals surface area contributed by atoms with Crippen LogP contribution in [0.1, 0.15) is 16.9 Å². The van der Waals surface area contributed by atoms with Crippen molar-refractivity contribution in [2.45, 2.75) is 6.42 Å². The number of carbonyl (C=O) groups is 1. The van der Waals surface area contributed by atoms with Gasteiger partial charge in [0.25, 0.3) is 11.5 Å². The van der Waals surface area contributed by atoms with Crippen LogP contribution in [0.25, 0.3) is 10.8 Å². The van der Waals surface area contributed by atoms with Crippen LogP contribution in [0.5, 0.6) is 0 Å². The minimum Gasteiger partial charge on any atom is -0.369 e. The average Bonchev–Trinajstić information content (AvgIpc) is 2.77. The largest absolute Gasteiger partial charge is 0.369 e. The molecule has 0 bridgehead atoms. The number of hydrogen-bond acceptors (Lipinski definition) is 5. The first-order valence-corrected chi connectivity index (χ1v) is 10.5. The van der Waals surface area contributed by atoms with Crippen molar-refractivity contribution < 1.29 is 4.79 Å². The van der Waals surface area contributed by atoms with Gasteiger partial charge in [-0.05, 0) is 37.2 Å². The van der Waals surface area contributed by atoms with Gasteiger partial charge in [0.15, 0.2) is 5.69 Å². The summed E-state index contributed by atoms with van der Waals surface area (Å²) in [6, 6.07) is 15.0. The Labute approximate surface area is 179 Å². The minimum atomic E-state index is -0.293. The number of hydrogen-bond donors (Lipinski definition) is 2. The van der Waals surface area contributed by atoms with E-state index in [-0.39, 0.29) is 17.2 Å². The first-order chi connectivity index (χ1) is 14.6. The number of fused-ring (bicyclic) bond motifs is 1. The van der Waals surface area contributed by atoms with E-state index < -0.39 is 0 Å². The van der Waals surface area contributed by atoms with E-state index in [2.05, 4.69) is 31.4 Å². The zero-order chi connectivity index (χ0) is 20.9.